The van der Waals surface area contributed by atoms with E-state index in [0.717, 1.165) is 29.4 Å². The number of unbranched alkanes of at least 4 members (excludes halogenated alkanes) is 5. The maximum absolute atomic E-state index is 11.0. The van der Waals surface area contributed by atoms with Crippen LogP contribution < -0.4 is 0 Å². The van der Waals surface area contributed by atoms with Crippen molar-refractivity contribution in [2.75, 3.05) is 6.61 Å². The predicted molar refractivity (Wildman–Crippen MR) is 65.7 cm³/mol. The molecule has 4 heteroatoms. The van der Waals surface area contributed by atoms with E-state index < -0.39 is 0 Å². The molecule has 1 unspecified atom stereocenters. The molecule has 0 aromatic carbocycles. The minimum absolute atomic E-state index is 0.149. The fraction of sp³-hybridized carbons (Fsp3) is 0.900. The van der Waals surface area contributed by atoms with E-state index >= 15 is 0 Å². The summed E-state index contributed by atoms with van der Waals surface area (Å²) in [5.74, 6) is -0.149. The average Bonchev–Trinajstić information content (AvgIpc) is 2.16. The summed E-state index contributed by atoms with van der Waals surface area (Å²) in [5.41, 5.74) is 0. The first-order chi connectivity index (χ1) is 6.68. The van der Waals surface area contributed by atoms with Crippen LogP contribution in [0.2, 0.25) is 0 Å². The Morgan fingerprint density at radius 1 is 1.29 bits per heavy atom. The van der Waals surface area contributed by atoms with E-state index in [0.29, 0.717) is 6.61 Å². The molecule has 0 saturated heterocycles. The van der Waals surface area contributed by atoms with Crippen LogP contribution in [0.15, 0.2) is 0 Å². The van der Waals surface area contributed by atoms with Gasteiger partial charge in [0.2, 0.25) is 0 Å². The van der Waals surface area contributed by atoms with Gasteiger partial charge in [-0.2, -0.15) is 0 Å². The van der Waals surface area contributed by atoms with Gasteiger partial charge in [-0.15, -0.1) is 0 Å². The number of hydrogen-bond acceptors (Lipinski definition) is 3. The summed E-state index contributed by atoms with van der Waals surface area (Å²) in [7, 11) is 0. The van der Waals surface area contributed by atoms with Crippen molar-refractivity contribution < 1.29 is 9.53 Å². The first-order valence-electron chi connectivity index (χ1n) is 5.28. The van der Waals surface area contributed by atoms with Crippen LogP contribution in [-0.2, 0) is 9.53 Å². The molecular weight excluding hydrogens is 306 g/mol. The van der Waals surface area contributed by atoms with Crippen LogP contribution in [0.25, 0.3) is 0 Å². The van der Waals surface area contributed by atoms with Crippen LogP contribution in [0.3, 0.4) is 0 Å². The summed E-state index contributed by atoms with van der Waals surface area (Å²) in [6, 6.07) is 0. The van der Waals surface area contributed by atoms with Gasteiger partial charge in [-0.25, -0.2) is 0 Å². The van der Waals surface area contributed by atoms with Crippen molar-refractivity contribution >= 4 is 41.6 Å². The minimum atomic E-state index is -0.166. The number of carbonyl (C=O) groups is 1. The third-order valence-corrected chi connectivity index (χ3v) is 2.97. The van der Waals surface area contributed by atoms with Crippen LogP contribution >= 0.6 is 12.6 Å². The molecular formula is C10H21O2SSb. The van der Waals surface area contributed by atoms with E-state index in [1.54, 1.807) is 0 Å². The molecule has 0 aromatic heterocycles. The standard InChI is InChI=1S/C10H19O2S.Sb.2H/c1-2-3-4-5-6-7-8-12-10(11)9-13;;;/h9,13H,2-8H2,1H3;;;. The molecule has 0 aliphatic carbocycles. The van der Waals surface area contributed by atoms with Gasteiger partial charge in [-0.1, -0.05) is 0 Å². The normalized spacial score (nSPS) is 12.5. The Bertz CT molecular complexity index is 151. The summed E-state index contributed by atoms with van der Waals surface area (Å²) in [6.07, 6.45) is 7.33. The fourth-order valence-electron chi connectivity index (χ4n) is 1.14. The number of hydrogen-bond donors (Lipinski definition) is 1. The Balaban J connectivity index is 3.10. The van der Waals surface area contributed by atoms with Gasteiger partial charge in [-0.05, 0) is 0 Å². The molecule has 0 aromatic rings. The third kappa shape index (κ3) is 9.20. The third-order valence-electron chi connectivity index (χ3n) is 1.98. The summed E-state index contributed by atoms with van der Waals surface area (Å²) in [5, 5.41) is 0. The van der Waals surface area contributed by atoms with Gasteiger partial charge in [0.1, 0.15) is 0 Å². The molecule has 14 heavy (non-hydrogen) atoms. The Hall–Kier alpha value is 0.638. The second-order valence-electron chi connectivity index (χ2n) is 3.38. The quantitative estimate of drug-likeness (QED) is 0.318. The van der Waals surface area contributed by atoms with E-state index in [1.807, 2.05) is 0 Å². The van der Waals surface area contributed by atoms with Crippen molar-refractivity contribution in [1.29, 1.82) is 0 Å². The first kappa shape index (κ1) is 14.6. The second-order valence-corrected chi connectivity index (χ2v) is 7.44. The SMILES string of the molecule is CCCCCCCCOC(=O)[CH](S)[SbH2]. The van der Waals surface area contributed by atoms with Crippen LogP contribution in [-0.4, -0.2) is 38.8 Å². The van der Waals surface area contributed by atoms with Gasteiger partial charge in [0.05, 0.1) is 0 Å². The van der Waals surface area contributed by atoms with Gasteiger partial charge in [-0.3, -0.25) is 0 Å². The van der Waals surface area contributed by atoms with E-state index in [9.17, 15) is 4.79 Å². The van der Waals surface area contributed by atoms with E-state index in [1.165, 1.54) is 32.1 Å². The Labute approximate surface area is 106 Å². The monoisotopic (exact) mass is 326 g/mol. The molecule has 0 fully saturated rings. The molecule has 0 heterocycles. The van der Waals surface area contributed by atoms with Crippen molar-refractivity contribution in [3.8, 4) is 0 Å². The zero-order chi connectivity index (χ0) is 10.8. The van der Waals surface area contributed by atoms with Crippen molar-refractivity contribution in [3.63, 3.8) is 0 Å². The van der Waals surface area contributed by atoms with Crippen molar-refractivity contribution in [2.24, 2.45) is 0 Å². The van der Waals surface area contributed by atoms with Crippen LogP contribution in [0, 0.1) is 0 Å². The molecule has 0 aliphatic heterocycles. The fourth-order valence-corrected chi connectivity index (χ4v) is 1.49. The summed E-state index contributed by atoms with van der Waals surface area (Å²) >= 11 is 4.87. The number of rotatable bonds is 8. The molecule has 0 N–H and O–H groups in total. The zero-order valence-electron chi connectivity index (χ0n) is 8.87. The van der Waals surface area contributed by atoms with Gasteiger partial charge in [0.25, 0.3) is 0 Å². The second kappa shape index (κ2) is 10.2. The molecule has 0 amide bonds. The van der Waals surface area contributed by atoms with Gasteiger partial charge in [0.15, 0.2) is 0 Å². The zero-order valence-corrected chi connectivity index (χ0v) is 13.1. The van der Waals surface area contributed by atoms with Crippen LogP contribution in [0.4, 0.5) is 0 Å². The van der Waals surface area contributed by atoms with Gasteiger partial charge in [0, 0.05) is 0 Å². The molecule has 0 spiro atoms. The summed E-state index contributed by atoms with van der Waals surface area (Å²) < 4.78 is 4.86. The maximum atomic E-state index is 11.0. The molecule has 0 aliphatic rings. The van der Waals surface area contributed by atoms with Crippen LogP contribution in [0.1, 0.15) is 45.4 Å². The number of esters is 1. The van der Waals surface area contributed by atoms with Crippen molar-refractivity contribution in [3.05, 3.63) is 0 Å². The number of ether oxygens (including phenoxy) is 1. The topological polar surface area (TPSA) is 26.3 Å². The molecule has 84 valence electrons. The molecule has 0 saturated carbocycles. The summed E-state index contributed by atoms with van der Waals surface area (Å²) in [6.45, 7) is 2.78. The molecule has 1 atom stereocenters. The molecule has 0 bridgehead atoms. The molecule has 0 rings (SSSR count). The van der Waals surface area contributed by atoms with E-state index in [4.69, 9.17) is 4.74 Å². The Morgan fingerprint density at radius 3 is 2.43 bits per heavy atom. The van der Waals surface area contributed by atoms with E-state index in [-0.39, 0.29) is 9.17 Å². The number of carbonyl (C=O) groups excluding carboxylic acids is 1. The van der Waals surface area contributed by atoms with Gasteiger partial charge < -0.3 is 0 Å². The van der Waals surface area contributed by atoms with Gasteiger partial charge >= 0.3 is 106 Å². The average molecular weight is 327 g/mol. The van der Waals surface area contributed by atoms with E-state index in [2.05, 4.69) is 19.6 Å². The molecule has 0 radical (unpaired) electrons. The Morgan fingerprint density at radius 2 is 1.86 bits per heavy atom. The van der Waals surface area contributed by atoms with Crippen molar-refractivity contribution in [2.45, 2.75) is 48.6 Å². The van der Waals surface area contributed by atoms with Crippen molar-refractivity contribution in [1.82, 2.24) is 0 Å². The Kier molecular flexibility index (Phi) is 10.6. The number of thiol groups is 1. The van der Waals surface area contributed by atoms with Crippen LogP contribution in [0.5, 0.6) is 0 Å². The predicted octanol–water partition coefficient (Wildman–Crippen LogP) is 1.78. The molecule has 2 nitrogen and oxygen atoms in total. The summed E-state index contributed by atoms with van der Waals surface area (Å²) in [4.78, 5) is 11.0. The first-order valence-corrected chi connectivity index (χ1v) is 7.70.